The second-order valence-electron chi connectivity index (χ2n) is 6.47. The molecule has 3 heteroatoms. The topological polar surface area (TPSA) is 29.3 Å². The van der Waals surface area contributed by atoms with E-state index in [0.29, 0.717) is 5.41 Å². The monoisotopic (exact) mass is 272 g/mol. The molecule has 2 N–H and O–H groups in total. The summed E-state index contributed by atoms with van der Waals surface area (Å²) in [5.74, 6) is 3.24. The Morgan fingerprint density at radius 1 is 1.33 bits per heavy atom. The summed E-state index contributed by atoms with van der Waals surface area (Å²) in [6.45, 7) is 14.9. The summed E-state index contributed by atoms with van der Waals surface area (Å²) in [5, 5.41) is 0. The molecule has 0 radical (unpaired) electrons. The maximum Gasteiger partial charge on any atom is 0.0472 e. The molecule has 0 aliphatic carbocycles. The summed E-state index contributed by atoms with van der Waals surface area (Å²) in [4.78, 5) is 2.67. The van der Waals surface area contributed by atoms with Crippen LogP contribution in [0.4, 0.5) is 0 Å². The Morgan fingerprint density at radius 3 is 2.44 bits per heavy atom. The van der Waals surface area contributed by atoms with Crippen LogP contribution in [-0.4, -0.2) is 41.6 Å². The highest BCUT2D eigenvalue weighted by atomic mass is 32.2. The highest BCUT2D eigenvalue weighted by Crippen LogP contribution is 2.45. The third kappa shape index (κ3) is 3.05. The van der Waals surface area contributed by atoms with Crippen LogP contribution in [0.3, 0.4) is 0 Å². The molecule has 108 valence electrons. The molecule has 0 aromatic heterocycles. The predicted octanol–water partition coefficient (Wildman–Crippen LogP) is 3.22. The van der Waals surface area contributed by atoms with Gasteiger partial charge in [-0.25, -0.2) is 0 Å². The van der Waals surface area contributed by atoms with Crippen molar-refractivity contribution in [1.82, 2.24) is 4.90 Å². The first-order valence-corrected chi connectivity index (χ1v) is 8.62. The molecule has 1 aliphatic heterocycles. The van der Waals surface area contributed by atoms with Gasteiger partial charge in [0, 0.05) is 24.4 Å². The van der Waals surface area contributed by atoms with E-state index in [2.05, 4.69) is 51.3 Å². The molecular formula is C15H32N2S. The fourth-order valence-corrected chi connectivity index (χ4v) is 4.92. The van der Waals surface area contributed by atoms with Gasteiger partial charge in [-0.15, -0.1) is 0 Å². The third-order valence-electron chi connectivity index (χ3n) is 5.03. The quantitative estimate of drug-likeness (QED) is 0.805. The lowest BCUT2D eigenvalue weighted by molar-refractivity contribution is -0.00405. The molecule has 1 aliphatic rings. The van der Waals surface area contributed by atoms with Crippen molar-refractivity contribution in [3.63, 3.8) is 0 Å². The van der Waals surface area contributed by atoms with Gasteiger partial charge < -0.3 is 5.73 Å². The smallest absolute Gasteiger partial charge is 0.0472 e. The Kier molecular flexibility index (Phi) is 6.01. The maximum absolute atomic E-state index is 6.25. The minimum absolute atomic E-state index is 0.189. The molecule has 1 rings (SSSR count). The largest absolute Gasteiger partial charge is 0.329 e. The van der Waals surface area contributed by atoms with Gasteiger partial charge in [0.05, 0.1) is 0 Å². The molecule has 0 aromatic carbocycles. The van der Waals surface area contributed by atoms with Gasteiger partial charge in [-0.1, -0.05) is 41.0 Å². The third-order valence-corrected chi connectivity index (χ3v) is 6.20. The highest BCUT2D eigenvalue weighted by Gasteiger charge is 2.49. The lowest BCUT2D eigenvalue weighted by atomic mass is 9.69. The van der Waals surface area contributed by atoms with E-state index in [0.717, 1.165) is 19.0 Å². The minimum Gasteiger partial charge on any atom is -0.329 e. The molecule has 1 fully saturated rings. The van der Waals surface area contributed by atoms with Crippen molar-refractivity contribution in [2.24, 2.45) is 17.1 Å². The van der Waals surface area contributed by atoms with Crippen molar-refractivity contribution < 1.29 is 0 Å². The number of likely N-dealkylation sites (N-methyl/N-ethyl adjacent to an activating group) is 1. The first-order valence-electron chi connectivity index (χ1n) is 7.46. The van der Waals surface area contributed by atoms with E-state index in [1.807, 2.05) is 0 Å². The van der Waals surface area contributed by atoms with Crippen LogP contribution in [-0.2, 0) is 0 Å². The molecule has 0 aromatic rings. The SMILES string of the molecule is CCC(C)CN(CC)C1(CN)CSCCC1(C)C. The minimum atomic E-state index is 0.189. The van der Waals surface area contributed by atoms with Crippen LogP contribution < -0.4 is 5.73 Å². The molecule has 1 heterocycles. The van der Waals surface area contributed by atoms with E-state index in [1.54, 1.807) is 0 Å². The van der Waals surface area contributed by atoms with Crippen molar-refractivity contribution in [1.29, 1.82) is 0 Å². The average Bonchev–Trinajstić information content (AvgIpc) is 2.36. The number of rotatable bonds is 6. The van der Waals surface area contributed by atoms with Gasteiger partial charge >= 0.3 is 0 Å². The Labute approximate surface area is 118 Å². The van der Waals surface area contributed by atoms with E-state index >= 15 is 0 Å². The van der Waals surface area contributed by atoms with Gasteiger partial charge in [-0.2, -0.15) is 11.8 Å². The lowest BCUT2D eigenvalue weighted by Crippen LogP contribution is -2.66. The number of thioether (sulfide) groups is 1. The molecule has 2 nitrogen and oxygen atoms in total. The Bertz CT molecular complexity index is 255. The molecule has 2 atom stereocenters. The van der Waals surface area contributed by atoms with Gasteiger partial charge in [0.1, 0.15) is 0 Å². The fraction of sp³-hybridized carbons (Fsp3) is 1.00. The summed E-state index contributed by atoms with van der Waals surface area (Å²) in [6.07, 6.45) is 2.54. The Balaban J connectivity index is 2.95. The standard InChI is InChI=1S/C15H32N2S/c1-6-13(3)10-17(7-2)15(11-16)12-18-9-8-14(15,4)5/h13H,6-12,16H2,1-5H3. The van der Waals surface area contributed by atoms with Crippen molar-refractivity contribution in [2.75, 3.05) is 31.1 Å². The molecule has 0 saturated carbocycles. The van der Waals surface area contributed by atoms with E-state index in [4.69, 9.17) is 5.73 Å². The van der Waals surface area contributed by atoms with E-state index in [-0.39, 0.29) is 5.54 Å². The van der Waals surface area contributed by atoms with Crippen LogP contribution in [0.25, 0.3) is 0 Å². The average molecular weight is 273 g/mol. The number of hydrogen-bond donors (Lipinski definition) is 1. The van der Waals surface area contributed by atoms with Crippen molar-refractivity contribution >= 4 is 11.8 Å². The first kappa shape index (κ1) is 16.3. The van der Waals surface area contributed by atoms with E-state index in [1.165, 1.54) is 30.9 Å². The molecule has 0 spiro atoms. The summed E-state index contributed by atoms with van der Waals surface area (Å²) in [7, 11) is 0. The first-order chi connectivity index (χ1) is 8.43. The number of hydrogen-bond acceptors (Lipinski definition) is 3. The molecule has 0 bridgehead atoms. The molecule has 18 heavy (non-hydrogen) atoms. The Morgan fingerprint density at radius 2 is 2.00 bits per heavy atom. The lowest BCUT2D eigenvalue weighted by Gasteiger charge is -2.56. The molecular weight excluding hydrogens is 240 g/mol. The van der Waals surface area contributed by atoms with E-state index < -0.39 is 0 Å². The maximum atomic E-state index is 6.25. The summed E-state index contributed by atoms with van der Waals surface area (Å²) in [6, 6.07) is 0. The normalized spacial score (nSPS) is 29.5. The number of nitrogens with two attached hydrogens (primary N) is 1. The van der Waals surface area contributed by atoms with Gasteiger partial charge in [0.15, 0.2) is 0 Å². The van der Waals surface area contributed by atoms with Crippen LogP contribution in [0, 0.1) is 11.3 Å². The van der Waals surface area contributed by atoms with Crippen molar-refractivity contribution in [3.8, 4) is 0 Å². The van der Waals surface area contributed by atoms with Crippen molar-refractivity contribution in [2.45, 2.75) is 53.0 Å². The van der Waals surface area contributed by atoms with Crippen LogP contribution in [0.15, 0.2) is 0 Å². The fourth-order valence-electron chi connectivity index (χ4n) is 3.09. The predicted molar refractivity (Wildman–Crippen MR) is 84.2 cm³/mol. The van der Waals surface area contributed by atoms with Crippen LogP contribution in [0.1, 0.15) is 47.5 Å². The van der Waals surface area contributed by atoms with Gasteiger partial charge in [0.2, 0.25) is 0 Å². The highest BCUT2D eigenvalue weighted by molar-refractivity contribution is 7.99. The van der Waals surface area contributed by atoms with E-state index in [9.17, 15) is 0 Å². The number of nitrogens with zero attached hydrogens (tertiary/aromatic N) is 1. The summed E-state index contributed by atoms with van der Waals surface area (Å²) in [5.41, 5.74) is 6.77. The molecule has 0 amide bonds. The van der Waals surface area contributed by atoms with Gasteiger partial charge in [-0.05, 0) is 30.1 Å². The Hall–Kier alpha value is 0.270. The molecule has 1 saturated heterocycles. The molecule has 2 unspecified atom stereocenters. The summed E-state index contributed by atoms with van der Waals surface area (Å²) < 4.78 is 0. The van der Waals surface area contributed by atoms with Crippen LogP contribution in [0.2, 0.25) is 0 Å². The van der Waals surface area contributed by atoms with Crippen molar-refractivity contribution in [3.05, 3.63) is 0 Å². The van der Waals surface area contributed by atoms with Gasteiger partial charge in [0.25, 0.3) is 0 Å². The second-order valence-corrected chi connectivity index (χ2v) is 7.58. The summed E-state index contributed by atoms with van der Waals surface area (Å²) >= 11 is 2.09. The van der Waals surface area contributed by atoms with Gasteiger partial charge in [-0.3, -0.25) is 4.90 Å². The zero-order chi connectivity index (χ0) is 13.8. The van der Waals surface area contributed by atoms with Crippen LogP contribution in [0.5, 0.6) is 0 Å². The zero-order valence-corrected chi connectivity index (χ0v) is 13.8. The zero-order valence-electron chi connectivity index (χ0n) is 13.0. The second kappa shape index (κ2) is 6.62. The van der Waals surface area contributed by atoms with Crippen LogP contribution >= 0.6 is 11.8 Å².